The van der Waals surface area contributed by atoms with E-state index in [1.807, 2.05) is 27.7 Å². The number of hydrogen-bond donors (Lipinski definition) is 2. The number of halogens is 1. The van der Waals surface area contributed by atoms with Gasteiger partial charge in [-0.25, -0.2) is 9.78 Å². The molecule has 2 rings (SSSR count). The van der Waals surface area contributed by atoms with Gasteiger partial charge in [0.2, 0.25) is 5.95 Å². The van der Waals surface area contributed by atoms with Crippen molar-refractivity contribution in [1.29, 1.82) is 0 Å². The van der Waals surface area contributed by atoms with E-state index in [4.69, 9.17) is 10.5 Å². The first-order valence-electron chi connectivity index (χ1n) is 7.62. The van der Waals surface area contributed by atoms with E-state index in [0.29, 0.717) is 11.8 Å². The monoisotopic (exact) mass is 433 g/mol. The van der Waals surface area contributed by atoms with Crippen molar-refractivity contribution in [3.8, 4) is 0 Å². The van der Waals surface area contributed by atoms with Gasteiger partial charge < -0.3 is 20.7 Å². The Hall–Kier alpha value is -1.32. The molecule has 1 saturated heterocycles. The van der Waals surface area contributed by atoms with Crippen LogP contribution in [0.15, 0.2) is 6.20 Å². The summed E-state index contributed by atoms with van der Waals surface area (Å²) in [5, 5.41) is 2.99. The lowest BCUT2D eigenvalue weighted by Gasteiger charge is -2.40. The standard InChI is InChI=1S/C15H24IN5O2/c1-14(2,3)23-13(22)20-15(4)5-7-21(8-6-15)12-18-9-10(16)11(17)19-12/h9H,5-8H2,1-4H3,(H,20,22)(H2,17,18,19). The maximum atomic E-state index is 12.0. The number of anilines is 2. The second-order valence-electron chi connectivity index (χ2n) is 7.08. The van der Waals surface area contributed by atoms with E-state index in [1.54, 1.807) is 6.20 Å². The Morgan fingerprint density at radius 1 is 1.43 bits per heavy atom. The van der Waals surface area contributed by atoms with E-state index in [9.17, 15) is 4.79 Å². The average Bonchev–Trinajstić information content (AvgIpc) is 2.40. The fourth-order valence-electron chi connectivity index (χ4n) is 2.40. The number of piperidine rings is 1. The van der Waals surface area contributed by atoms with E-state index < -0.39 is 5.60 Å². The fraction of sp³-hybridized carbons (Fsp3) is 0.667. The van der Waals surface area contributed by atoms with Gasteiger partial charge in [-0.3, -0.25) is 0 Å². The van der Waals surface area contributed by atoms with Gasteiger partial charge in [-0.1, -0.05) is 0 Å². The molecule has 1 aliphatic heterocycles. The minimum Gasteiger partial charge on any atom is -0.444 e. The molecule has 7 nitrogen and oxygen atoms in total. The maximum Gasteiger partial charge on any atom is 0.408 e. The maximum absolute atomic E-state index is 12.0. The normalized spacial score (nSPS) is 17.7. The first-order chi connectivity index (χ1) is 10.6. The number of nitrogens with two attached hydrogens (primary N) is 1. The van der Waals surface area contributed by atoms with E-state index >= 15 is 0 Å². The highest BCUT2D eigenvalue weighted by atomic mass is 127. The summed E-state index contributed by atoms with van der Waals surface area (Å²) in [6.07, 6.45) is 2.94. The van der Waals surface area contributed by atoms with Gasteiger partial charge in [0, 0.05) is 24.8 Å². The van der Waals surface area contributed by atoms with Gasteiger partial charge in [0.1, 0.15) is 11.4 Å². The van der Waals surface area contributed by atoms with Crippen LogP contribution >= 0.6 is 22.6 Å². The number of hydrogen-bond acceptors (Lipinski definition) is 6. The summed E-state index contributed by atoms with van der Waals surface area (Å²) >= 11 is 2.11. The molecule has 128 valence electrons. The quantitative estimate of drug-likeness (QED) is 0.697. The lowest BCUT2D eigenvalue weighted by molar-refractivity contribution is 0.0448. The molecule has 0 atom stereocenters. The lowest BCUT2D eigenvalue weighted by atomic mass is 9.90. The number of carbonyl (C=O) groups excluding carboxylic acids is 1. The van der Waals surface area contributed by atoms with Crippen molar-refractivity contribution in [2.45, 2.75) is 51.7 Å². The van der Waals surface area contributed by atoms with Gasteiger partial charge in [0.15, 0.2) is 0 Å². The highest BCUT2D eigenvalue weighted by molar-refractivity contribution is 14.1. The number of amides is 1. The Bertz CT molecular complexity index is 580. The van der Waals surface area contributed by atoms with Gasteiger partial charge in [0.25, 0.3) is 0 Å². The van der Waals surface area contributed by atoms with Crippen LogP contribution in [-0.2, 0) is 4.74 Å². The third-order valence-corrected chi connectivity index (χ3v) is 4.54. The molecule has 8 heteroatoms. The van der Waals surface area contributed by atoms with Crippen molar-refractivity contribution in [3.63, 3.8) is 0 Å². The number of aromatic nitrogens is 2. The Kier molecular flexibility index (Phi) is 5.22. The summed E-state index contributed by atoms with van der Waals surface area (Å²) in [5.41, 5.74) is 5.07. The molecule has 1 fully saturated rings. The number of nitrogens with zero attached hydrogens (tertiary/aromatic N) is 3. The summed E-state index contributed by atoms with van der Waals surface area (Å²) in [4.78, 5) is 22.7. The van der Waals surface area contributed by atoms with Crippen LogP contribution in [0.25, 0.3) is 0 Å². The second-order valence-corrected chi connectivity index (χ2v) is 8.24. The number of carbonyl (C=O) groups is 1. The number of alkyl carbamates (subject to hydrolysis) is 1. The van der Waals surface area contributed by atoms with Gasteiger partial charge in [-0.2, -0.15) is 4.98 Å². The van der Waals surface area contributed by atoms with Crippen molar-refractivity contribution in [3.05, 3.63) is 9.77 Å². The summed E-state index contributed by atoms with van der Waals surface area (Å²) in [7, 11) is 0. The zero-order chi connectivity index (χ0) is 17.3. The van der Waals surface area contributed by atoms with E-state index in [0.717, 1.165) is 29.5 Å². The Labute approximate surface area is 150 Å². The zero-order valence-corrected chi connectivity index (χ0v) is 16.2. The van der Waals surface area contributed by atoms with Crippen molar-refractivity contribution in [2.75, 3.05) is 23.7 Å². The molecule has 0 aliphatic carbocycles. The number of nitrogen functional groups attached to an aromatic ring is 1. The largest absolute Gasteiger partial charge is 0.444 e. The second kappa shape index (κ2) is 6.66. The molecule has 1 aliphatic rings. The van der Waals surface area contributed by atoms with E-state index in [2.05, 4.69) is 42.8 Å². The molecule has 0 aromatic carbocycles. The van der Waals surface area contributed by atoms with E-state index in [1.165, 1.54) is 0 Å². The van der Waals surface area contributed by atoms with Crippen LogP contribution in [0.2, 0.25) is 0 Å². The van der Waals surface area contributed by atoms with Crippen molar-refractivity contribution in [2.24, 2.45) is 0 Å². The van der Waals surface area contributed by atoms with Crippen LogP contribution in [0, 0.1) is 3.57 Å². The topological polar surface area (TPSA) is 93.4 Å². The van der Waals surface area contributed by atoms with Crippen LogP contribution in [-0.4, -0.2) is 40.3 Å². The summed E-state index contributed by atoms with van der Waals surface area (Å²) < 4.78 is 6.19. The summed E-state index contributed by atoms with van der Waals surface area (Å²) in [5.74, 6) is 1.14. The van der Waals surface area contributed by atoms with Crippen LogP contribution in [0.1, 0.15) is 40.5 Å². The van der Waals surface area contributed by atoms with Crippen LogP contribution in [0.3, 0.4) is 0 Å². The molecule has 2 heterocycles. The van der Waals surface area contributed by atoms with Gasteiger partial charge in [-0.05, 0) is 63.1 Å². The number of nitrogens with one attached hydrogen (secondary N) is 1. The molecule has 1 amide bonds. The van der Waals surface area contributed by atoms with Crippen LogP contribution < -0.4 is 16.0 Å². The predicted molar refractivity (Wildman–Crippen MR) is 98.4 cm³/mol. The first kappa shape index (κ1) is 18.0. The molecule has 0 radical (unpaired) electrons. The smallest absolute Gasteiger partial charge is 0.408 e. The minimum absolute atomic E-state index is 0.284. The molecular weight excluding hydrogens is 409 g/mol. The van der Waals surface area contributed by atoms with E-state index in [-0.39, 0.29) is 11.6 Å². The SMILES string of the molecule is CC1(NC(=O)OC(C)(C)C)CCN(c2ncc(I)c(N)n2)CC1. The molecule has 1 aromatic heterocycles. The molecular formula is C15H24IN5O2. The van der Waals surface area contributed by atoms with Gasteiger partial charge in [0.05, 0.1) is 3.57 Å². The molecule has 1 aromatic rings. The van der Waals surface area contributed by atoms with Crippen molar-refractivity contribution >= 4 is 40.5 Å². The molecule has 0 saturated carbocycles. The highest BCUT2D eigenvalue weighted by Crippen LogP contribution is 2.25. The molecule has 0 bridgehead atoms. The van der Waals surface area contributed by atoms with Gasteiger partial charge in [-0.15, -0.1) is 0 Å². The lowest BCUT2D eigenvalue weighted by Crippen LogP contribution is -2.54. The van der Waals surface area contributed by atoms with Crippen molar-refractivity contribution < 1.29 is 9.53 Å². The Balaban J connectivity index is 1.94. The third kappa shape index (κ3) is 5.08. The third-order valence-electron chi connectivity index (χ3n) is 3.71. The molecule has 0 spiro atoms. The Morgan fingerprint density at radius 2 is 2.04 bits per heavy atom. The van der Waals surface area contributed by atoms with Crippen LogP contribution in [0.5, 0.6) is 0 Å². The predicted octanol–water partition coefficient (Wildman–Crippen LogP) is 2.55. The summed E-state index contributed by atoms with van der Waals surface area (Å²) in [6, 6.07) is 0. The number of rotatable bonds is 2. The minimum atomic E-state index is -0.492. The average molecular weight is 433 g/mol. The highest BCUT2D eigenvalue weighted by Gasteiger charge is 2.33. The molecule has 0 unspecified atom stereocenters. The Morgan fingerprint density at radius 3 is 2.57 bits per heavy atom. The zero-order valence-electron chi connectivity index (χ0n) is 14.0. The number of ether oxygens (including phenoxy) is 1. The summed E-state index contributed by atoms with van der Waals surface area (Å²) in [6.45, 7) is 9.12. The van der Waals surface area contributed by atoms with Crippen LogP contribution in [0.4, 0.5) is 16.6 Å². The molecule has 23 heavy (non-hydrogen) atoms. The van der Waals surface area contributed by atoms with Crippen molar-refractivity contribution in [1.82, 2.24) is 15.3 Å². The molecule has 3 N–H and O–H groups in total. The van der Waals surface area contributed by atoms with Gasteiger partial charge >= 0.3 is 6.09 Å². The first-order valence-corrected chi connectivity index (χ1v) is 8.70. The fourth-order valence-corrected chi connectivity index (χ4v) is 2.66.